The molecule has 7 heteroatoms. The third kappa shape index (κ3) is 2.83. The van der Waals surface area contributed by atoms with E-state index in [0.717, 1.165) is 6.07 Å². The van der Waals surface area contributed by atoms with Crippen LogP contribution >= 0.6 is 0 Å². The lowest BCUT2D eigenvalue weighted by atomic mass is 9.83. The average molecular weight is 287 g/mol. The van der Waals surface area contributed by atoms with E-state index in [2.05, 4.69) is 4.98 Å². The highest BCUT2D eigenvalue weighted by atomic mass is 19.3. The molecule has 1 aromatic rings. The van der Waals surface area contributed by atoms with Crippen molar-refractivity contribution in [2.24, 2.45) is 0 Å². The fraction of sp³-hybridized carbons (Fsp3) is 0.615. The maximum Gasteiger partial charge on any atom is 0.517 e. The first-order valence-corrected chi connectivity index (χ1v) is 6.40. The number of alkyl halides is 2. The number of hydrogen-bond acceptors (Lipinski definition) is 3. The van der Waals surface area contributed by atoms with Gasteiger partial charge in [-0.3, -0.25) is 4.98 Å². The van der Waals surface area contributed by atoms with Gasteiger partial charge in [0.1, 0.15) is 11.4 Å². The Labute approximate surface area is 116 Å². The van der Waals surface area contributed by atoms with Crippen molar-refractivity contribution in [3.8, 4) is 0 Å². The lowest BCUT2D eigenvalue weighted by molar-refractivity contribution is 0.00578. The third-order valence-electron chi connectivity index (χ3n) is 3.79. The number of hydrogen-bond donors (Lipinski definition) is 0. The summed E-state index contributed by atoms with van der Waals surface area (Å²) in [6.45, 7) is 7.37. The lowest BCUT2D eigenvalue weighted by Gasteiger charge is -2.32. The molecular formula is C13H17BF3NO2. The van der Waals surface area contributed by atoms with Crippen molar-refractivity contribution < 1.29 is 22.5 Å². The predicted molar refractivity (Wildman–Crippen MR) is 69.6 cm³/mol. The van der Waals surface area contributed by atoms with Crippen LogP contribution in [-0.4, -0.2) is 29.7 Å². The fourth-order valence-corrected chi connectivity index (χ4v) is 1.91. The molecule has 0 N–H and O–H groups in total. The van der Waals surface area contributed by atoms with Gasteiger partial charge >= 0.3 is 7.12 Å². The van der Waals surface area contributed by atoms with Crippen molar-refractivity contribution in [1.82, 2.24) is 4.98 Å². The second-order valence-electron chi connectivity index (χ2n) is 5.89. The number of rotatable bonds is 3. The first-order valence-electron chi connectivity index (χ1n) is 6.40. The molecule has 1 saturated heterocycles. The van der Waals surface area contributed by atoms with Crippen LogP contribution in [0.3, 0.4) is 0 Å². The van der Waals surface area contributed by atoms with Gasteiger partial charge in [-0.2, -0.15) is 0 Å². The van der Waals surface area contributed by atoms with Crippen LogP contribution in [0.5, 0.6) is 0 Å². The zero-order valence-corrected chi connectivity index (χ0v) is 11.9. The Morgan fingerprint density at radius 1 is 1.20 bits per heavy atom. The molecular weight excluding hydrogens is 270 g/mol. The molecule has 0 aliphatic carbocycles. The summed E-state index contributed by atoms with van der Waals surface area (Å²) < 4.78 is 49.9. The van der Waals surface area contributed by atoms with Gasteiger partial charge in [0.15, 0.2) is 0 Å². The SMILES string of the molecule is CC1(C)OB(c2ncc(CC(F)F)cc2F)OC1(C)C. The van der Waals surface area contributed by atoms with Crippen molar-refractivity contribution in [2.75, 3.05) is 0 Å². The third-order valence-corrected chi connectivity index (χ3v) is 3.79. The quantitative estimate of drug-likeness (QED) is 0.800. The van der Waals surface area contributed by atoms with Crippen LogP contribution < -0.4 is 5.59 Å². The highest BCUT2D eigenvalue weighted by Gasteiger charge is 2.53. The van der Waals surface area contributed by atoms with Crippen molar-refractivity contribution in [1.29, 1.82) is 0 Å². The monoisotopic (exact) mass is 287 g/mol. The Kier molecular flexibility index (Phi) is 3.86. The number of pyridine rings is 1. The van der Waals surface area contributed by atoms with Gasteiger partial charge in [-0.1, -0.05) is 0 Å². The van der Waals surface area contributed by atoms with Gasteiger partial charge in [-0.25, -0.2) is 13.2 Å². The Morgan fingerprint density at radius 3 is 2.20 bits per heavy atom. The molecule has 1 aliphatic rings. The molecule has 2 heterocycles. The van der Waals surface area contributed by atoms with Gasteiger partial charge < -0.3 is 9.31 Å². The maximum absolute atomic E-state index is 14.0. The zero-order valence-electron chi connectivity index (χ0n) is 11.9. The second-order valence-corrected chi connectivity index (χ2v) is 5.89. The van der Waals surface area contributed by atoms with E-state index in [1.165, 1.54) is 6.20 Å². The van der Waals surface area contributed by atoms with Crippen molar-refractivity contribution in [3.63, 3.8) is 0 Å². The molecule has 0 aromatic carbocycles. The molecule has 0 atom stereocenters. The Bertz CT molecular complexity index is 492. The van der Waals surface area contributed by atoms with E-state index in [1.54, 1.807) is 0 Å². The molecule has 0 radical (unpaired) electrons. The van der Waals surface area contributed by atoms with Crippen molar-refractivity contribution in [3.05, 3.63) is 23.6 Å². The summed E-state index contributed by atoms with van der Waals surface area (Å²) >= 11 is 0. The Morgan fingerprint density at radius 2 is 1.75 bits per heavy atom. The second kappa shape index (κ2) is 5.04. The summed E-state index contributed by atoms with van der Waals surface area (Å²) in [6.07, 6.45) is -1.82. The van der Waals surface area contributed by atoms with E-state index >= 15 is 0 Å². The van der Waals surface area contributed by atoms with Gasteiger partial charge in [-0.05, 0) is 39.3 Å². The minimum Gasteiger partial charge on any atom is -0.398 e. The zero-order chi connectivity index (χ0) is 15.1. The summed E-state index contributed by atoms with van der Waals surface area (Å²) in [4.78, 5) is 3.89. The summed E-state index contributed by atoms with van der Waals surface area (Å²) in [5.74, 6) is -0.693. The molecule has 0 spiro atoms. The van der Waals surface area contributed by atoms with Gasteiger partial charge in [0, 0.05) is 12.6 Å². The van der Waals surface area contributed by atoms with Crippen LogP contribution in [0, 0.1) is 5.82 Å². The molecule has 110 valence electrons. The number of halogens is 3. The smallest absolute Gasteiger partial charge is 0.398 e. The summed E-state index contributed by atoms with van der Waals surface area (Å²) in [5, 5.41) is 0. The molecule has 3 nitrogen and oxygen atoms in total. The first-order chi connectivity index (χ1) is 9.12. The van der Waals surface area contributed by atoms with E-state index in [0.29, 0.717) is 0 Å². The van der Waals surface area contributed by atoms with E-state index in [9.17, 15) is 13.2 Å². The first kappa shape index (κ1) is 15.3. The molecule has 1 fully saturated rings. The van der Waals surface area contributed by atoms with E-state index < -0.39 is 37.0 Å². The molecule has 0 amide bonds. The normalized spacial score (nSPS) is 20.7. The standard InChI is InChI=1S/C13H17BF3NO2/c1-12(2)13(3,4)20-14(19-12)11-9(15)5-8(7-18-11)6-10(16)17/h5,7,10H,6H2,1-4H3. The summed E-state index contributed by atoms with van der Waals surface area (Å²) in [6, 6.07) is 1.06. The van der Waals surface area contributed by atoms with Crippen LogP contribution in [0.1, 0.15) is 33.3 Å². The summed E-state index contributed by atoms with van der Waals surface area (Å²) in [7, 11) is -0.930. The van der Waals surface area contributed by atoms with Crippen molar-refractivity contribution >= 4 is 12.7 Å². The lowest BCUT2D eigenvalue weighted by Crippen LogP contribution is -2.41. The minimum atomic E-state index is -2.53. The fourth-order valence-electron chi connectivity index (χ4n) is 1.91. The van der Waals surface area contributed by atoms with Gasteiger partial charge in [0.25, 0.3) is 0 Å². The van der Waals surface area contributed by atoms with E-state index in [4.69, 9.17) is 9.31 Å². The molecule has 2 rings (SSSR count). The average Bonchev–Trinajstić information content (AvgIpc) is 2.46. The molecule has 20 heavy (non-hydrogen) atoms. The topological polar surface area (TPSA) is 31.4 Å². The van der Waals surface area contributed by atoms with Crippen LogP contribution in [0.15, 0.2) is 12.3 Å². The molecule has 0 saturated carbocycles. The van der Waals surface area contributed by atoms with Crippen LogP contribution in [0.25, 0.3) is 0 Å². The van der Waals surface area contributed by atoms with Gasteiger partial charge in [0.05, 0.1) is 11.2 Å². The molecule has 0 unspecified atom stereocenters. The number of aromatic nitrogens is 1. The van der Waals surface area contributed by atoms with E-state index in [-0.39, 0.29) is 11.2 Å². The minimum absolute atomic E-state index is 0.0123. The largest absolute Gasteiger partial charge is 0.517 e. The van der Waals surface area contributed by atoms with Crippen LogP contribution in [0.4, 0.5) is 13.2 Å². The summed E-state index contributed by atoms with van der Waals surface area (Å²) in [5.41, 5.74) is -1.07. The Hall–Kier alpha value is -1.08. The van der Waals surface area contributed by atoms with E-state index in [1.807, 2.05) is 27.7 Å². The maximum atomic E-state index is 14.0. The highest BCUT2D eigenvalue weighted by molar-refractivity contribution is 6.61. The van der Waals surface area contributed by atoms with Crippen LogP contribution in [-0.2, 0) is 15.7 Å². The highest BCUT2D eigenvalue weighted by Crippen LogP contribution is 2.36. The van der Waals surface area contributed by atoms with Crippen molar-refractivity contribution in [2.45, 2.75) is 51.7 Å². The molecule has 0 bridgehead atoms. The van der Waals surface area contributed by atoms with Gasteiger partial charge in [-0.15, -0.1) is 0 Å². The Balaban J connectivity index is 2.23. The number of nitrogens with zero attached hydrogens (tertiary/aromatic N) is 1. The molecule has 1 aromatic heterocycles. The predicted octanol–water partition coefficient (Wildman–Crippen LogP) is 2.33. The van der Waals surface area contributed by atoms with Crippen LogP contribution in [0.2, 0.25) is 0 Å². The molecule has 1 aliphatic heterocycles. The van der Waals surface area contributed by atoms with Gasteiger partial charge in [0.2, 0.25) is 6.43 Å².